The molecule has 0 aromatic heterocycles. The molecule has 112 valence electrons. The summed E-state index contributed by atoms with van der Waals surface area (Å²) in [5.74, 6) is 3.74. The van der Waals surface area contributed by atoms with Crippen LogP contribution in [0.3, 0.4) is 0 Å². The third-order valence-corrected chi connectivity index (χ3v) is 6.16. The summed E-state index contributed by atoms with van der Waals surface area (Å²) in [6.45, 7) is 9.65. The largest absolute Gasteiger partial charge is 0.311 e. The summed E-state index contributed by atoms with van der Waals surface area (Å²) in [4.78, 5) is 0. The highest BCUT2D eigenvalue weighted by Crippen LogP contribution is 2.35. The molecule has 2 fully saturated rings. The van der Waals surface area contributed by atoms with E-state index in [0.717, 1.165) is 35.8 Å². The van der Waals surface area contributed by atoms with Crippen LogP contribution in [0.5, 0.6) is 0 Å². The summed E-state index contributed by atoms with van der Waals surface area (Å²) in [5, 5.41) is 4.03. The Bertz CT molecular complexity index is 260. The summed E-state index contributed by atoms with van der Waals surface area (Å²) in [6, 6.07) is 1.62. The molecule has 0 aliphatic heterocycles. The second-order valence-electron chi connectivity index (χ2n) is 7.59. The summed E-state index contributed by atoms with van der Waals surface area (Å²) < 4.78 is 0. The SMILES string of the molecule is CCC1CCC(NC2CCCC(C(C)C)CC2)C1C. The van der Waals surface area contributed by atoms with Gasteiger partial charge in [-0.15, -0.1) is 0 Å². The predicted octanol–water partition coefficient (Wildman–Crippen LogP) is 5.01. The molecular formula is C18H35N. The molecule has 0 saturated heterocycles. The minimum Gasteiger partial charge on any atom is -0.311 e. The van der Waals surface area contributed by atoms with E-state index >= 15 is 0 Å². The fourth-order valence-electron chi connectivity index (χ4n) is 4.53. The van der Waals surface area contributed by atoms with E-state index in [4.69, 9.17) is 0 Å². The van der Waals surface area contributed by atoms with E-state index in [1.807, 2.05) is 0 Å². The molecule has 0 aromatic carbocycles. The van der Waals surface area contributed by atoms with Crippen molar-refractivity contribution < 1.29 is 0 Å². The van der Waals surface area contributed by atoms with Crippen LogP contribution in [0.25, 0.3) is 0 Å². The quantitative estimate of drug-likeness (QED) is 0.705. The van der Waals surface area contributed by atoms with Crippen molar-refractivity contribution >= 4 is 0 Å². The van der Waals surface area contributed by atoms with Gasteiger partial charge in [-0.2, -0.15) is 0 Å². The summed E-state index contributed by atoms with van der Waals surface area (Å²) >= 11 is 0. The van der Waals surface area contributed by atoms with Gasteiger partial charge in [0.15, 0.2) is 0 Å². The molecule has 0 spiro atoms. The molecule has 1 nitrogen and oxygen atoms in total. The Balaban J connectivity index is 1.80. The van der Waals surface area contributed by atoms with Crippen molar-refractivity contribution in [1.29, 1.82) is 0 Å². The molecule has 2 aliphatic rings. The molecule has 0 amide bonds. The predicted molar refractivity (Wildman–Crippen MR) is 84.3 cm³/mol. The van der Waals surface area contributed by atoms with E-state index in [0.29, 0.717) is 0 Å². The van der Waals surface area contributed by atoms with Gasteiger partial charge in [0.25, 0.3) is 0 Å². The lowest BCUT2D eigenvalue weighted by Gasteiger charge is -2.26. The van der Waals surface area contributed by atoms with E-state index in [-0.39, 0.29) is 0 Å². The van der Waals surface area contributed by atoms with Crippen LogP contribution in [0.4, 0.5) is 0 Å². The summed E-state index contributed by atoms with van der Waals surface area (Å²) in [7, 11) is 0. The van der Waals surface area contributed by atoms with Gasteiger partial charge in [0.2, 0.25) is 0 Å². The average Bonchev–Trinajstić information content (AvgIpc) is 2.61. The molecular weight excluding hydrogens is 230 g/mol. The highest BCUT2D eigenvalue weighted by atomic mass is 15.0. The fourth-order valence-corrected chi connectivity index (χ4v) is 4.53. The lowest BCUT2D eigenvalue weighted by Crippen LogP contribution is -2.40. The average molecular weight is 265 g/mol. The van der Waals surface area contributed by atoms with E-state index in [2.05, 4.69) is 33.0 Å². The van der Waals surface area contributed by atoms with Gasteiger partial charge in [0.1, 0.15) is 0 Å². The first-order chi connectivity index (χ1) is 9.11. The lowest BCUT2D eigenvalue weighted by molar-refractivity contribution is 0.301. The first kappa shape index (κ1) is 15.4. The molecule has 19 heavy (non-hydrogen) atoms. The van der Waals surface area contributed by atoms with Crippen LogP contribution in [0.15, 0.2) is 0 Å². The molecule has 2 aliphatic carbocycles. The first-order valence-electron chi connectivity index (χ1n) is 8.87. The second kappa shape index (κ2) is 7.11. The summed E-state index contributed by atoms with van der Waals surface area (Å²) in [5.41, 5.74) is 0. The maximum atomic E-state index is 4.03. The first-order valence-corrected chi connectivity index (χ1v) is 8.87. The van der Waals surface area contributed by atoms with Gasteiger partial charge in [-0.05, 0) is 55.8 Å². The number of nitrogens with one attached hydrogen (secondary N) is 1. The zero-order chi connectivity index (χ0) is 13.8. The molecule has 5 atom stereocenters. The molecule has 0 bridgehead atoms. The van der Waals surface area contributed by atoms with E-state index in [1.54, 1.807) is 0 Å². The highest BCUT2D eigenvalue weighted by Gasteiger charge is 2.33. The zero-order valence-corrected chi connectivity index (χ0v) is 13.6. The van der Waals surface area contributed by atoms with Crippen molar-refractivity contribution in [2.24, 2.45) is 23.7 Å². The molecule has 0 aromatic rings. The van der Waals surface area contributed by atoms with Crippen molar-refractivity contribution in [3.8, 4) is 0 Å². The van der Waals surface area contributed by atoms with Gasteiger partial charge >= 0.3 is 0 Å². The van der Waals surface area contributed by atoms with E-state index < -0.39 is 0 Å². The van der Waals surface area contributed by atoms with Gasteiger partial charge in [-0.25, -0.2) is 0 Å². The molecule has 1 N–H and O–H groups in total. The minimum absolute atomic E-state index is 0.811. The third-order valence-electron chi connectivity index (χ3n) is 6.16. The number of hydrogen-bond donors (Lipinski definition) is 1. The highest BCUT2D eigenvalue weighted by molar-refractivity contribution is 4.89. The van der Waals surface area contributed by atoms with Crippen LogP contribution in [-0.2, 0) is 0 Å². The Labute approximate surface area is 120 Å². The zero-order valence-electron chi connectivity index (χ0n) is 13.6. The van der Waals surface area contributed by atoms with E-state index in [9.17, 15) is 0 Å². The fraction of sp³-hybridized carbons (Fsp3) is 1.00. The summed E-state index contributed by atoms with van der Waals surface area (Å²) in [6.07, 6.45) is 11.5. The molecule has 5 unspecified atom stereocenters. The second-order valence-corrected chi connectivity index (χ2v) is 7.59. The smallest absolute Gasteiger partial charge is 0.00980 e. The Kier molecular flexibility index (Phi) is 5.74. The van der Waals surface area contributed by atoms with Crippen molar-refractivity contribution in [1.82, 2.24) is 5.32 Å². The molecule has 2 rings (SSSR count). The topological polar surface area (TPSA) is 12.0 Å². The van der Waals surface area contributed by atoms with Crippen molar-refractivity contribution in [3.05, 3.63) is 0 Å². The van der Waals surface area contributed by atoms with Crippen LogP contribution in [-0.4, -0.2) is 12.1 Å². The Morgan fingerprint density at radius 2 is 1.79 bits per heavy atom. The van der Waals surface area contributed by atoms with Crippen molar-refractivity contribution in [2.75, 3.05) is 0 Å². The standard InChI is InChI=1S/C18H35N/c1-5-15-10-12-18(14(15)4)19-17-8-6-7-16(9-11-17)13(2)3/h13-19H,5-12H2,1-4H3. The minimum atomic E-state index is 0.811. The molecule has 0 radical (unpaired) electrons. The third kappa shape index (κ3) is 3.97. The van der Waals surface area contributed by atoms with E-state index in [1.165, 1.54) is 51.4 Å². The maximum Gasteiger partial charge on any atom is 0.00980 e. The van der Waals surface area contributed by atoms with Crippen molar-refractivity contribution in [2.45, 2.75) is 91.1 Å². The normalized spacial score (nSPS) is 40.6. The van der Waals surface area contributed by atoms with Crippen LogP contribution in [0.2, 0.25) is 0 Å². The molecule has 0 heterocycles. The van der Waals surface area contributed by atoms with Crippen molar-refractivity contribution in [3.63, 3.8) is 0 Å². The van der Waals surface area contributed by atoms with Gasteiger partial charge in [0, 0.05) is 12.1 Å². The van der Waals surface area contributed by atoms with Gasteiger partial charge in [-0.3, -0.25) is 0 Å². The monoisotopic (exact) mass is 265 g/mol. The molecule has 1 heteroatoms. The lowest BCUT2D eigenvalue weighted by atomic mass is 9.89. The Hall–Kier alpha value is -0.0400. The Morgan fingerprint density at radius 1 is 1.00 bits per heavy atom. The number of rotatable bonds is 4. The number of hydrogen-bond acceptors (Lipinski definition) is 1. The Morgan fingerprint density at radius 3 is 2.42 bits per heavy atom. The van der Waals surface area contributed by atoms with Crippen LogP contribution in [0.1, 0.15) is 79.1 Å². The maximum absolute atomic E-state index is 4.03. The van der Waals surface area contributed by atoms with Crippen LogP contribution in [0, 0.1) is 23.7 Å². The van der Waals surface area contributed by atoms with Gasteiger partial charge < -0.3 is 5.32 Å². The van der Waals surface area contributed by atoms with Gasteiger partial charge in [-0.1, -0.05) is 47.0 Å². The van der Waals surface area contributed by atoms with Gasteiger partial charge in [0.05, 0.1) is 0 Å². The van der Waals surface area contributed by atoms with Crippen LogP contribution < -0.4 is 5.32 Å². The van der Waals surface area contributed by atoms with Crippen LogP contribution >= 0.6 is 0 Å². The molecule has 2 saturated carbocycles.